The van der Waals surface area contributed by atoms with Gasteiger partial charge in [-0.3, -0.25) is 0 Å². The van der Waals surface area contributed by atoms with Crippen LogP contribution >= 0.6 is 23.2 Å². The number of aromatic nitrogens is 2. The molecule has 102 valence electrons. The number of nitrogens with zero attached hydrogens (tertiary/aromatic N) is 3. The van der Waals surface area contributed by atoms with Crippen molar-refractivity contribution in [1.29, 1.82) is 5.26 Å². The van der Waals surface area contributed by atoms with Gasteiger partial charge in [0.2, 0.25) is 5.82 Å². The Bertz CT molecular complexity index is 852. The molecule has 1 aromatic heterocycles. The summed E-state index contributed by atoms with van der Waals surface area (Å²) in [5.41, 5.74) is 1.84. The second-order valence-electron chi connectivity index (χ2n) is 4.24. The first-order chi connectivity index (χ1) is 10.2. The average Bonchev–Trinajstić information content (AvgIpc) is 2.97. The minimum absolute atomic E-state index is 0.327. The fraction of sp³-hybridized carbons (Fsp3) is 0. The third-order valence-electron chi connectivity index (χ3n) is 2.84. The van der Waals surface area contributed by atoms with Gasteiger partial charge in [-0.15, -0.1) is 0 Å². The number of hydrogen-bond acceptors (Lipinski definition) is 4. The zero-order valence-corrected chi connectivity index (χ0v) is 12.1. The maximum absolute atomic E-state index is 8.91. The van der Waals surface area contributed by atoms with E-state index >= 15 is 0 Å². The van der Waals surface area contributed by atoms with Gasteiger partial charge in [0.15, 0.2) is 0 Å². The third kappa shape index (κ3) is 2.75. The SMILES string of the molecule is N#Cc1cccc(-c2nc(-c3ccc(Cl)cc3Cl)no2)c1. The van der Waals surface area contributed by atoms with Crippen LogP contribution in [-0.2, 0) is 0 Å². The molecule has 0 aliphatic heterocycles. The summed E-state index contributed by atoms with van der Waals surface area (Å²) in [5.74, 6) is 0.696. The van der Waals surface area contributed by atoms with Gasteiger partial charge in [0, 0.05) is 16.1 Å². The van der Waals surface area contributed by atoms with Crippen LogP contribution in [-0.4, -0.2) is 10.1 Å². The molecule has 0 saturated heterocycles. The average molecular weight is 316 g/mol. The third-order valence-corrected chi connectivity index (χ3v) is 3.38. The van der Waals surface area contributed by atoms with E-state index in [-0.39, 0.29) is 0 Å². The minimum atomic E-state index is 0.327. The molecule has 0 saturated carbocycles. The molecule has 2 aromatic carbocycles. The Morgan fingerprint density at radius 2 is 1.95 bits per heavy atom. The number of halogens is 2. The Balaban J connectivity index is 2.02. The molecule has 0 aliphatic carbocycles. The zero-order chi connectivity index (χ0) is 14.8. The summed E-state index contributed by atoms with van der Waals surface area (Å²) < 4.78 is 5.23. The zero-order valence-electron chi connectivity index (χ0n) is 10.5. The van der Waals surface area contributed by atoms with E-state index in [4.69, 9.17) is 33.0 Å². The lowest BCUT2D eigenvalue weighted by molar-refractivity contribution is 0.432. The number of nitriles is 1. The Morgan fingerprint density at radius 1 is 1.10 bits per heavy atom. The van der Waals surface area contributed by atoms with Crippen LogP contribution in [0.4, 0.5) is 0 Å². The highest BCUT2D eigenvalue weighted by atomic mass is 35.5. The molecule has 0 fully saturated rings. The van der Waals surface area contributed by atoms with Gasteiger partial charge < -0.3 is 4.52 Å². The fourth-order valence-electron chi connectivity index (χ4n) is 1.84. The van der Waals surface area contributed by atoms with Crippen molar-refractivity contribution in [2.45, 2.75) is 0 Å². The molecule has 0 radical (unpaired) electrons. The van der Waals surface area contributed by atoms with Crippen LogP contribution in [0.2, 0.25) is 10.0 Å². The molecule has 0 bridgehead atoms. The molecule has 3 aromatic rings. The summed E-state index contributed by atoms with van der Waals surface area (Å²) >= 11 is 12.0. The molecular formula is C15H7Cl2N3O. The molecular weight excluding hydrogens is 309 g/mol. The Kier molecular flexibility index (Phi) is 3.61. The van der Waals surface area contributed by atoms with Crippen LogP contribution in [0, 0.1) is 11.3 Å². The van der Waals surface area contributed by atoms with Gasteiger partial charge in [0.1, 0.15) is 0 Å². The first kappa shape index (κ1) is 13.6. The molecule has 0 atom stereocenters. The lowest BCUT2D eigenvalue weighted by atomic mass is 10.1. The number of hydrogen-bond donors (Lipinski definition) is 0. The first-order valence-corrected chi connectivity index (χ1v) is 6.72. The van der Waals surface area contributed by atoms with E-state index in [0.717, 1.165) is 0 Å². The van der Waals surface area contributed by atoms with Crippen LogP contribution in [0.1, 0.15) is 5.56 Å². The first-order valence-electron chi connectivity index (χ1n) is 5.97. The normalized spacial score (nSPS) is 10.3. The van der Waals surface area contributed by atoms with Gasteiger partial charge in [-0.25, -0.2) is 0 Å². The summed E-state index contributed by atoms with van der Waals surface area (Å²) in [6, 6.07) is 14.0. The summed E-state index contributed by atoms with van der Waals surface area (Å²) in [5, 5.41) is 13.8. The maximum Gasteiger partial charge on any atom is 0.258 e. The van der Waals surface area contributed by atoms with Crippen LogP contribution < -0.4 is 0 Å². The van der Waals surface area contributed by atoms with Gasteiger partial charge >= 0.3 is 0 Å². The Morgan fingerprint density at radius 3 is 2.71 bits per heavy atom. The van der Waals surface area contributed by atoms with Gasteiger partial charge in [0.25, 0.3) is 5.89 Å². The van der Waals surface area contributed by atoms with Crippen molar-refractivity contribution >= 4 is 23.2 Å². The van der Waals surface area contributed by atoms with E-state index in [1.807, 2.05) is 0 Å². The van der Waals surface area contributed by atoms with Crippen LogP contribution in [0.3, 0.4) is 0 Å². The highest BCUT2D eigenvalue weighted by Gasteiger charge is 2.13. The second-order valence-corrected chi connectivity index (χ2v) is 5.08. The molecule has 0 N–H and O–H groups in total. The van der Waals surface area contributed by atoms with Crippen molar-refractivity contribution in [2.24, 2.45) is 0 Å². The van der Waals surface area contributed by atoms with Crippen molar-refractivity contribution in [2.75, 3.05) is 0 Å². The van der Waals surface area contributed by atoms with Crippen molar-refractivity contribution in [3.05, 3.63) is 58.1 Å². The van der Waals surface area contributed by atoms with E-state index in [1.54, 1.807) is 42.5 Å². The van der Waals surface area contributed by atoms with Crippen LogP contribution in [0.15, 0.2) is 47.0 Å². The van der Waals surface area contributed by atoms with E-state index in [0.29, 0.717) is 38.5 Å². The predicted octanol–water partition coefficient (Wildman–Crippen LogP) is 4.58. The molecule has 0 unspecified atom stereocenters. The molecule has 0 spiro atoms. The van der Waals surface area contributed by atoms with Crippen molar-refractivity contribution in [1.82, 2.24) is 10.1 Å². The summed E-state index contributed by atoms with van der Waals surface area (Å²) in [6.45, 7) is 0. The largest absolute Gasteiger partial charge is 0.334 e. The van der Waals surface area contributed by atoms with Crippen molar-refractivity contribution in [3.63, 3.8) is 0 Å². The van der Waals surface area contributed by atoms with E-state index in [9.17, 15) is 0 Å². The van der Waals surface area contributed by atoms with Gasteiger partial charge in [-0.05, 0) is 36.4 Å². The van der Waals surface area contributed by atoms with Gasteiger partial charge in [-0.1, -0.05) is 34.4 Å². The fourth-order valence-corrected chi connectivity index (χ4v) is 2.34. The molecule has 4 nitrogen and oxygen atoms in total. The number of rotatable bonds is 2. The molecule has 21 heavy (non-hydrogen) atoms. The summed E-state index contributed by atoms with van der Waals surface area (Å²) in [7, 11) is 0. The lowest BCUT2D eigenvalue weighted by Crippen LogP contribution is -1.83. The van der Waals surface area contributed by atoms with Crippen molar-refractivity contribution < 1.29 is 4.52 Å². The Labute approximate surface area is 130 Å². The monoisotopic (exact) mass is 315 g/mol. The van der Waals surface area contributed by atoms with Crippen molar-refractivity contribution in [3.8, 4) is 28.9 Å². The summed E-state index contributed by atoms with van der Waals surface area (Å²) in [6.07, 6.45) is 0. The van der Waals surface area contributed by atoms with E-state index in [2.05, 4.69) is 16.2 Å². The second kappa shape index (κ2) is 5.57. The standard InChI is InChI=1S/C15H7Cl2N3O/c16-11-4-5-12(13(17)7-11)14-19-15(21-20-14)10-3-1-2-9(6-10)8-18/h1-7H. The van der Waals surface area contributed by atoms with Gasteiger partial charge in [-0.2, -0.15) is 10.2 Å². The van der Waals surface area contributed by atoms with Gasteiger partial charge in [0.05, 0.1) is 16.7 Å². The smallest absolute Gasteiger partial charge is 0.258 e. The maximum atomic E-state index is 8.91. The Hall–Kier alpha value is -2.35. The summed E-state index contributed by atoms with van der Waals surface area (Å²) in [4.78, 5) is 4.30. The highest BCUT2D eigenvalue weighted by molar-refractivity contribution is 6.36. The van der Waals surface area contributed by atoms with Crippen LogP contribution in [0.5, 0.6) is 0 Å². The molecule has 1 heterocycles. The molecule has 6 heteroatoms. The molecule has 3 rings (SSSR count). The minimum Gasteiger partial charge on any atom is -0.334 e. The highest BCUT2D eigenvalue weighted by Crippen LogP contribution is 2.30. The molecule has 0 aliphatic rings. The topological polar surface area (TPSA) is 62.7 Å². The molecule has 0 amide bonds. The van der Waals surface area contributed by atoms with Crippen LogP contribution in [0.25, 0.3) is 22.8 Å². The number of benzene rings is 2. The van der Waals surface area contributed by atoms with E-state index < -0.39 is 0 Å². The lowest BCUT2D eigenvalue weighted by Gasteiger charge is -1.98. The predicted molar refractivity (Wildman–Crippen MR) is 79.9 cm³/mol. The van der Waals surface area contributed by atoms with E-state index in [1.165, 1.54) is 0 Å². The quantitative estimate of drug-likeness (QED) is 0.694.